The van der Waals surface area contributed by atoms with Crippen molar-refractivity contribution in [1.29, 1.82) is 5.26 Å². The quantitative estimate of drug-likeness (QED) is 0.857. The first-order valence-corrected chi connectivity index (χ1v) is 7.39. The minimum absolute atomic E-state index is 0.354. The Bertz CT molecular complexity index is 641. The van der Waals surface area contributed by atoms with Crippen LogP contribution in [0.15, 0.2) is 36.9 Å². The second kappa shape index (κ2) is 6.50. The Labute approximate surface area is 130 Å². The molecule has 112 valence electrons. The second-order valence-electron chi connectivity index (χ2n) is 5.36. The van der Waals surface area contributed by atoms with E-state index in [1.807, 2.05) is 18.3 Å². The Morgan fingerprint density at radius 3 is 2.55 bits per heavy atom. The van der Waals surface area contributed by atoms with Crippen molar-refractivity contribution in [3.8, 4) is 6.07 Å². The summed E-state index contributed by atoms with van der Waals surface area (Å²) in [6.45, 7) is 5.97. The molecule has 2 aromatic heterocycles. The maximum atomic E-state index is 8.76. The molecule has 0 N–H and O–H groups in total. The number of rotatable bonds is 3. The van der Waals surface area contributed by atoms with Gasteiger partial charge in [-0.2, -0.15) is 5.26 Å². The van der Waals surface area contributed by atoms with Gasteiger partial charge in [0.15, 0.2) is 5.69 Å². The fraction of sp³-hybridized carbons (Fsp3) is 0.375. The SMILES string of the molecule is CC(c1cccnc1)N1CCN(c2cnc(C#N)cn2)CC1. The van der Waals surface area contributed by atoms with Crippen LogP contribution in [-0.2, 0) is 0 Å². The van der Waals surface area contributed by atoms with Crippen LogP contribution in [0.4, 0.5) is 5.82 Å². The largest absolute Gasteiger partial charge is 0.353 e. The van der Waals surface area contributed by atoms with Crippen LogP contribution in [0.5, 0.6) is 0 Å². The zero-order valence-corrected chi connectivity index (χ0v) is 12.6. The molecule has 1 atom stereocenters. The van der Waals surface area contributed by atoms with Crippen LogP contribution in [0.1, 0.15) is 24.2 Å². The molecular formula is C16H18N6. The van der Waals surface area contributed by atoms with E-state index in [1.54, 1.807) is 12.4 Å². The van der Waals surface area contributed by atoms with Gasteiger partial charge in [-0.05, 0) is 18.6 Å². The van der Waals surface area contributed by atoms with Gasteiger partial charge in [-0.25, -0.2) is 9.97 Å². The molecule has 1 unspecified atom stereocenters. The van der Waals surface area contributed by atoms with Crippen LogP contribution in [0.25, 0.3) is 0 Å². The first-order valence-electron chi connectivity index (χ1n) is 7.39. The average molecular weight is 294 g/mol. The van der Waals surface area contributed by atoms with Gasteiger partial charge in [0.05, 0.1) is 12.4 Å². The lowest BCUT2D eigenvalue weighted by atomic mass is 10.1. The molecule has 1 fully saturated rings. The smallest absolute Gasteiger partial charge is 0.158 e. The molecule has 6 nitrogen and oxygen atoms in total. The van der Waals surface area contributed by atoms with E-state index in [4.69, 9.17) is 5.26 Å². The zero-order chi connectivity index (χ0) is 15.4. The van der Waals surface area contributed by atoms with Gasteiger partial charge in [-0.15, -0.1) is 0 Å². The summed E-state index contributed by atoms with van der Waals surface area (Å²) in [4.78, 5) is 17.3. The lowest BCUT2D eigenvalue weighted by Crippen LogP contribution is -2.47. The van der Waals surface area contributed by atoms with E-state index >= 15 is 0 Å². The first-order chi connectivity index (χ1) is 10.8. The highest BCUT2D eigenvalue weighted by molar-refractivity contribution is 5.37. The molecule has 0 amide bonds. The molecule has 1 saturated heterocycles. The van der Waals surface area contributed by atoms with Gasteiger partial charge in [0.1, 0.15) is 11.9 Å². The van der Waals surface area contributed by atoms with Crippen molar-refractivity contribution < 1.29 is 0 Å². The molecule has 1 aliphatic heterocycles. The number of pyridine rings is 1. The third-order valence-electron chi connectivity index (χ3n) is 4.11. The van der Waals surface area contributed by atoms with E-state index in [1.165, 1.54) is 11.8 Å². The topological polar surface area (TPSA) is 68.9 Å². The molecule has 0 spiro atoms. The second-order valence-corrected chi connectivity index (χ2v) is 5.36. The van der Waals surface area contributed by atoms with Gasteiger partial charge >= 0.3 is 0 Å². The van der Waals surface area contributed by atoms with E-state index in [2.05, 4.69) is 37.7 Å². The summed E-state index contributed by atoms with van der Waals surface area (Å²) >= 11 is 0. The number of nitriles is 1. The standard InChI is InChI=1S/C16H18N6/c1-13(14-3-2-4-18-10-14)21-5-7-22(8-6-21)16-12-19-15(9-17)11-20-16/h2-4,10-13H,5-8H2,1H3. The van der Waals surface area contributed by atoms with Gasteiger partial charge < -0.3 is 4.90 Å². The van der Waals surface area contributed by atoms with Crippen LogP contribution < -0.4 is 4.90 Å². The number of anilines is 1. The van der Waals surface area contributed by atoms with Crippen LogP contribution in [0.2, 0.25) is 0 Å². The summed E-state index contributed by atoms with van der Waals surface area (Å²) in [5, 5.41) is 8.76. The molecule has 0 radical (unpaired) electrons. The van der Waals surface area contributed by atoms with Gasteiger partial charge in [0, 0.05) is 44.6 Å². The number of nitrogens with zero attached hydrogens (tertiary/aromatic N) is 6. The van der Waals surface area contributed by atoms with E-state index in [-0.39, 0.29) is 0 Å². The van der Waals surface area contributed by atoms with Crippen molar-refractivity contribution in [3.05, 3.63) is 48.2 Å². The Hall–Kier alpha value is -2.52. The summed E-state index contributed by atoms with van der Waals surface area (Å²) in [6, 6.07) is 6.46. The van der Waals surface area contributed by atoms with E-state index in [9.17, 15) is 0 Å². The van der Waals surface area contributed by atoms with Crippen LogP contribution in [0, 0.1) is 11.3 Å². The maximum absolute atomic E-state index is 8.76. The molecular weight excluding hydrogens is 276 g/mol. The molecule has 0 saturated carbocycles. The molecule has 2 aromatic rings. The highest BCUT2D eigenvalue weighted by Gasteiger charge is 2.22. The van der Waals surface area contributed by atoms with Crippen LogP contribution >= 0.6 is 0 Å². The Kier molecular flexibility index (Phi) is 4.26. The minimum atomic E-state index is 0.354. The highest BCUT2D eigenvalue weighted by Crippen LogP contribution is 2.22. The summed E-state index contributed by atoms with van der Waals surface area (Å²) in [6.07, 6.45) is 6.94. The number of piperazine rings is 1. The lowest BCUT2D eigenvalue weighted by molar-refractivity contribution is 0.198. The molecule has 3 heterocycles. The number of hydrogen-bond donors (Lipinski definition) is 0. The third-order valence-corrected chi connectivity index (χ3v) is 4.11. The van der Waals surface area contributed by atoms with Gasteiger partial charge in [-0.1, -0.05) is 6.07 Å². The summed E-state index contributed by atoms with van der Waals surface area (Å²) in [5.74, 6) is 0.840. The van der Waals surface area contributed by atoms with Gasteiger partial charge in [0.25, 0.3) is 0 Å². The monoisotopic (exact) mass is 294 g/mol. The molecule has 6 heteroatoms. The summed E-state index contributed by atoms with van der Waals surface area (Å²) < 4.78 is 0. The van der Waals surface area contributed by atoms with Crippen LogP contribution in [0.3, 0.4) is 0 Å². The van der Waals surface area contributed by atoms with Crippen molar-refractivity contribution in [1.82, 2.24) is 19.9 Å². The minimum Gasteiger partial charge on any atom is -0.353 e. The van der Waals surface area contributed by atoms with E-state index < -0.39 is 0 Å². The molecule has 3 rings (SSSR count). The molecule has 0 aromatic carbocycles. The predicted octanol–water partition coefficient (Wildman–Crippen LogP) is 1.63. The van der Waals surface area contributed by atoms with Crippen molar-refractivity contribution in [2.75, 3.05) is 31.1 Å². The van der Waals surface area contributed by atoms with Gasteiger partial charge in [0.2, 0.25) is 0 Å². The molecule has 22 heavy (non-hydrogen) atoms. The highest BCUT2D eigenvalue weighted by atomic mass is 15.3. The first kappa shape index (κ1) is 14.4. The zero-order valence-electron chi connectivity index (χ0n) is 12.6. The Balaban J connectivity index is 1.61. The third kappa shape index (κ3) is 3.05. The molecule has 0 bridgehead atoms. The number of hydrogen-bond acceptors (Lipinski definition) is 6. The normalized spacial score (nSPS) is 17.0. The fourth-order valence-corrected chi connectivity index (χ4v) is 2.71. The van der Waals surface area contributed by atoms with Gasteiger partial charge in [-0.3, -0.25) is 9.88 Å². The summed E-state index contributed by atoms with van der Waals surface area (Å²) in [7, 11) is 0. The van der Waals surface area contributed by atoms with Crippen LogP contribution in [-0.4, -0.2) is 46.0 Å². The Morgan fingerprint density at radius 1 is 1.14 bits per heavy atom. The average Bonchev–Trinajstić information content (AvgIpc) is 2.62. The molecule has 0 aliphatic carbocycles. The van der Waals surface area contributed by atoms with E-state index in [0.29, 0.717) is 11.7 Å². The van der Waals surface area contributed by atoms with Crippen molar-refractivity contribution in [2.45, 2.75) is 13.0 Å². The number of aromatic nitrogens is 3. The van der Waals surface area contributed by atoms with Crippen molar-refractivity contribution in [3.63, 3.8) is 0 Å². The lowest BCUT2D eigenvalue weighted by Gasteiger charge is -2.38. The predicted molar refractivity (Wildman–Crippen MR) is 83.2 cm³/mol. The maximum Gasteiger partial charge on any atom is 0.158 e. The Morgan fingerprint density at radius 2 is 1.95 bits per heavy atom. The molecule has 1 aliphatic rings. The fourth-order valence-electron chi connectivity index (χ4n) is 2.71. The van der Waals surface area contributed by atoms with Crippen molar-refractivity contribution >= 4 is 5.82 Å². The summed E-state index contributed by atoms with van der Waals surface area (Å²) in [5.41, 5.74) is 1.60. The van der Waals surface area contributed by atoms with E-state index in [0.717, 1.165) is 32.0 Å². The van der Waals surface area contributed by atoms with Crippen molar-refractivity contribution in [2.24, 2.45) is 0 Å².